The molecule has 6 heteroatoms. The molecule has 0 unspecified atom stereocenters. The number of fused-ring (bicyclic) bond motifs is 1. The number of carbonyl (C=O) groups is 1. The van der Waals surface area contributed by atoms with E-state index >= 15 is 0 Å². The third-order valence-electron chi connectivity index (χ3n) is 3.65. The average molecular weight is 343 g/mol. The molecule has 0 saturated carbocycles. The molecule has 0 aliphatic heterocycles. The molecule has 0 saturated heterocycles. The number of rotatable bonds is 6. The standard InChI is InChI=1S/C18H18FN3OS/c1-12(24-18-21-15-4-2-3-5-16(15)22-18)17(23)20-11-10-13-6-8-14(19)9-7-13/h2-9,12H,10-11H2,1H3,(H,20,23)(H,21,22)/t12-/m1/s1. The Morgan fingerprint density at radius 1 is 1.25 bits per heavy atom. The van der Waals surface area contributed by atoms with Gasteiger partial charge in [-0.25, -0.2) is 9.37 Å². The maximum Gasteiger partial charge on any atom is 0.233 e. The highest BCUT2D eigenvalue weighted by atomic mass is 32.2. The number of H-pyrrole nitrogens is 1. The number of para-hydroxylation sites is 2. The van der Waals surface area contributed by atoms with Crippen LogP contribution >= 0.6 is 11.8 Å². The van der Waals surface area contributed by atoms with Gasteiger partial charge < -0.3 is 10.3 Å². The van der Waals surface area contributed by atoms with Crippen LogP contribution in [0.1, 0.15) is 12.5 Å². The van der Waals surface area contributed by atoms with Crippen molar-refractivity contribution in [2.45, 2.75) is 23.8 Å². The molecule has 3 aromatic rings. The summed E-state index contributed by atoms with van der Waals surface area (Å²) in [5.41, 5.74) is 2.85. The molecule has 0 spiro atoms. The minimum atomic E-state index is -0.251. The van der Waals surface area contributed by atoms with Gasteiger partial charge in [0.25, 0.3) is 0 Å². The highest BCUT2D eigenvalue weighted by Gasteiger charge is 2.16. The van der Waals surface area contributed by atoms with Gasteiger partial charge in [-0.05, 0) is 43.2 Å². The van der Waals surface area contributed by atoms with Crippen molar-refractivity contribution in [3.8, 4) is 0 Å². The van der Waals surface area contributed by atoms with Crippen LogP contribution in [0, 0.1) is 5.82 Å². The second kappa shape index (κ2) is 7.49. The molecule has 0 bridgehead atoms. The molecule has 0 fully saturated rings. The van der Waals surface area contributed by atoms with Gasteiger partial charge in [0.05, 0.1) is 16.3 Å². The third kappa shape index (κ3) is 4.14. The summed E-state index contributed by atoms with van der Waals surface area (Å²) >= 11 is 1.40. The number of aromatic nitrogens is 2. The number of nitrogens with zero attached hydrogens (tertiary/aromatic N) is 1. The van der Waals surface area contributed by atoms with Crippen molar-refractivity contribution < 1.29 is 9.18 Å². The lowest BCUT2D eigenvalue weighted by Crippen LogP contribution is -2.32. The molecule has 1 atom stereocenters. The first-order valence-corrected chi connectivity index (χ1v) is 8.63. The lowest BCUT2D eigenvalue weighted by Gasteiger charge is -2.10. The van der Waals surface area contributed by atoms with Crippen molar-refractivity contribution in [1.82, 2.24) is 15.3 Å². The number of thioether (sulfide) groups is 1. The first-order valence-electron chi connectivity index (χ1n) is 7.75. The van der Waals surface area contributed by atoms with Crippen LogP contribution in [-0.4, -0.2) is 27.7 Å². The zero-order valence-electron chi connectivity index (χ0n) is 13.3. The Hall–Kier alpha value is -2.34. The molecule has 0 aliphatic carbocycles. The van der Waals surface area contributed by atoms with Crippen LogP contribution < -0.4 is 5.32 Å². The second-order valence-corrected chi connectivity index (χ2v) is 6.82. The fourth-order valence-electron chi connectivity index (χ4n) is 2.33. The Kier molecular flexibility index (Phi) is 5.15. The topological polar surface area (TPSA) is 57.8 Å². The van der Waals surface area contributed by atoms with Gasteiger partial charge in [0.2, 0.25) is 5.91 Å². The van der Waals surface area contributed by atoms with Crippen LogP contribution in [0.15, 0.2) is 53.7 Å². The van der Waals surface area contributed by atoms with Crippen molar-refractivity contribution in [1.29, 1.82) is 0 Å². The quantitative estimate of drug-likeness (QED) is 0.673. The largest absolute Gasteiger partial charge is 0.355 e. The van der Waals surface area contributed by atoms with E-state index < -0.39 is 0 Å². The summed E-state index contributed by atoms with van der Waals surface area (Å²) in [6, 6.07) is 14.1. The van der Waals surface area contributed by atoms with Crippen molar-refractivity contribution >= 4 is 28.7 Å². The van der Waals surface area contributed by atoms with Gasteiger partial charge in [-0.1, -0.05) is 36.0 Å². The van der Waals surface area contributed by atoms with E-state index in [0.29, 0.717) is 13.0 Å². The molecule has 1 aromatic heterocycles. The lowest BCUT2D eigenvalue weighted by molar-refractivity contribution is -0.120. The Morgan fingerprint density at radius 3 is 2.75 bits per heavy atom. The van der Waals surface area contributed by atoms with Gasteiger partial charge in [-0.3, -0.25) is 4.79 Å². The predicted molar refractivity (Wildman–Crippen MR) is 94.5 cm³/mol. The molecule has 2 N–H and O–H groups in total. The van der Waals surface area contributed by atoms with Gasteiger partial charge >= 0.3 is 0 Å². The zero-order chi connectivity index (χ0) is 16.9. The fourth-order valence-corrected chi connectivity index (χ4v) is 3.18. The zero-order valence-corrected chi connectivity index (χ0v) is 14.1. The number of halogens is 1. The van der Waals surface area contributed by atoms with E-state index in [4.69, 9.17) is 0 Å². The minimum absolute atomic E-state index is 0.0393. The first kappa shape index (κ1) is 16.5. The predicted octanol–water partition coefficient (Wildman–Crippen LogP) is 3.54. The van der Waals surface area contributed by atoms with E-state index in [2.05, 4.69) is 15.3 Å². The summed E-state index contributed by atoms with van der Waals surface area (Å²) in [6.07, 6.45) is 0.675. The molecule has 1 amide bonds. The monoisotopic (exact) mass is 343 g/mol. The van der Waals surface area contributed by atoms with Gasteiger partial charge in [0.1, 0.15) is 5.82 Å². The minimum Gasteiger partial charge on any atom is -0.355 e. The maximum absolute atomic E-state index is 12.8. The molecule has 24 heavy (non-hydrogen) atoms. The molecule has 0 radical (unpaired) electrons. The van der Waals surface area contributed by atoms with E-state index in [1.807, 2.05) is 31.2 Å². The number of aromatic amines is 1. The van der Waals surface area contributed by atoms with Crippen molar-refractivity contribution in [2.75, 3.05) is 6.54 Å². The molecular weight excluding hydrogens is 325 g/mol. The molecule has 2 aromatic carbocycles. The first-order chi connectivity index (χ1) is 11.6. The summed E-state index contributed by atoms with van der Waals surface area (Å²) in [6.45, 7) is 2.38. The second-order valence-electron chi connectivity index (χ2n) is 5.49. The fraction of sp³-hybridized carbons (Fsp3) is 0.222. The molecule has 4 nitrogen and oxygen atoms in total. The maximum atomic E-state index is 12.8. The Labute approximate surface area is 143 Å². The molecule has 124 valence electrons. The molecular formula is C18H18FN3OS. The molecule has 1 heterocycles. The Bertz CT molecular complexity index is 799. The van der Waals surface area contributed by atoms with Crippen molar-refractivity contribution in [2.24, 2.45) is 0 Å². The average Bonchev–Trinajstić information content (AvgIpc) is 2.98. The SMILES string of the molecule is C[C@@H](Sc1nc2ccccc2[nH]1)C(=O)NCCc1ccc(F)cc1. The van der Waals surface area contributed by atoms with E-state index in [1.165, 1.54) is 23.9 Å². The number of imidazole rings is 1. The van der Waals surface area contributed by atoms with Crippen molar-refractivity contribution in [3.05, 3.63) is 59.9 Å². The van der Waals surface area contributed by atoms with E-state index in [1.54, 1.807) is 12.1 Å². The summed E-state index contributed by atoms with van der Waals surface area (Å²) in [5, 5.41) is 3.39. The number of carbonyl (C=O) groups excluding carboxylic acids is 1. The van der Waals surface area contributed by atoms with Gasteiger partial charge in [-0.2, -0.15) is 0 Å². The summed E-state index contributed by atoms with van der Waals surface area (Å²) < 4.78 is 12.8. The van der Waals surface area contributed by atoms with Crippen LogP contribution in [0.2, 0.25) is 0 Å². The summed E-state index contributed by atoms with van der Waals surface area (Å²) in [4.78, 5) is 19.8. The van der Waals surface area contributed by atoms with E-state index in [9.17, 15) is 9.18 Å². The van der Waals surface area contributed by atoms with Gasteiger partial charge in [0, 0.05) is 6.54 Å². The van der Waals surface area contributed by atoms with Crippen LogP contribution in [0.5, 0.6) is 0 Å². The van der Waals surface area contributed by atoms with Crippen LogP contribution in [0.25, 0.3) is 11.0 Å². The number of nitrogens with one attached hydrogen (secondary N) is 2. The number of amides is 1. The van der Waals surface area contributed by atoms with Gasteiger partial charge in [0.15, 0.2) is 5.16 Å². The number of benzene rings is 2. The van der Waals surface area contributed by atoms with Crippen molar-refractivity contribution in [3.63, 3.8) is 0 Å². The normalized spacial score (nSPS) is 12.2. The lowest BCUT2D eigenvalue weighted by atomic mass is 10.1. The highest BCUT2D eigenvalue weighted by molar-refractivity contribution is 8.00. The van der Waals surface area contributed by atoms with Crippen LogP contribution in [0.3, 0.4) is 0 Å². The van der Waals surface area contributed by atoms with E-state index in [0.717, 1.165) is 21.8 Å². The van der Waals surface area contributed by atoms with Gasteiger partial charge in [-0.15, -0.1) is 0 Å². The van der Waals surface area contributed by atoms with E-state index in [-0.39, 0.29) is 17.0 Å². The number of hydrogen-bond acceptors (Lipinski definition) is 3. The molecule has 3 rings (SSSR count). The Morgan fingerprint density at radius 2 is 2.00 bits per heavy atom. The summed E-state index contributed by atoms with van der Waals surface area (Å²) in [5.74, 6) is -0.291. The van der Waals surface area contributed by atoms with Crippen LogP contribution in [-0.2, 0) is 11.2 Å². The molecule has 0 aliphatic rings. The number of hydrogen-bond donors (Lipinski definition) is 2. The summed E-state index contributed by atoms with van der Waals surface area (Å²) in [7, 11) is 0. The highest BCUT2D eigenvalue weighted by Crippen LogP contribution is 2.23. The third-order valence-corrected chi connectivity index (χ3v) is 4.64. The Balaban J connectivity index is 1.50. The van der Waals surface area contributed by atoms with Crippen LogP contribution in [0.4, 0.5) is 4.39 Å². The smallest absolute Gasteiger partial charge is 0.233 e.